The summed E-state index contributed by atoms with van der Waals surface area (Å²) in [6, 6.07) is 12.4. The number of hydrogen-bond acceptors (Lipinski definition) is 6. The number of aryl methyl sites for hydroxylation is 2. The van der Waals surface area contributed by atoms with Crippen LogP contribution in [0.5, 0.6) is 0 Å². The molecule has 178 valence electrons. The molecule has 4 aromatic rings. The number of piperazine rings is 1. The summed E-state index contributed by atoms with van der Waals surface area (Å²) in [5.41, 5.74) is 2.13. The highest BCUT2D eigenvalue weighted by Crippen LogP contribution is 2.21. The van der Waals surface area contributed by atoms with Crippen LogP contribution in [0.15, 0.2) is 46.6 Å². The molecule has 0 N–H and O–H groups in total. The third-order valence-electron chi connectivity index (χ3n) is 6.55. The number of hydrogen-bond donors (Lipinski definition) is 0. The van der Waals surface area contributed by atoms with Gasteiger partial charge in [0.25, 0.3) is 5.56 Å². The van der Waals surface area contributed by atoms with Gasteiger partial charge < -0.3 is 4.90 Å². The summed E-state index contributed by atoms with van der Waals surface area (Å²) in [6.07, 6.45) is 2.79. The highest BCUT2D eigenvalue weighted by molar-refractivity contribution is 7.17. The molecule has 0 unspecified atom stereocenters. The first-order valence-corrected chi connectivity index (χ1v) is 12.9. The van der Waals surface area contributed by atoms with Crippen molar-refractivity contribution in [1.82, 2.24) is 29.0 Å². The van der Waals surface area contributed by atoms with Gasteiger partial charge >= 0.3 is 0 Å². The van der Waals surface area contributed by atoms with Crippen molar-refractivity contribution in [2.24, 2.45) is 0 Å². The Morgan fingerprint density at radius 3 is 2.62 bits per heavy atom. The fourth-order valence-corrected chi connectivity index (χ4v) is 5.46. The van der Waals surface area contributed by atoms with Gasteiger partial charge in [-0.3, -0.25) is 23.5 Å². The Morgan fingerprint density at radius 1 is 1.06 bits per heavy atom. The third kappa shape index (κ3) is 4.50. The van der Waals surface area contributed by atoms with E-state index in [1.165, 1.54) is 16.9 Å². The summed E-state index contributed by atoms with van der Waals surface area (Å²) in [7, 11) is 0. The number of carbonyl (C=O) groups excluding carboxylic acids is 1. The predicted molar refractivity (Wildman–Crippen MR) is 134 cm³/mol. The molecule has 0 bridgehead atoms. The van der Waals surface area contributed by atoms with Crippen LogP contribution in [0.1, 0.15) is 37.6 Å². The molecule has 0 atom stereocenters. The lowest BCUT2D eigenvalue weighted by atomic mass is 10.2. The Kier molecular flexibility index (Phi) is 6.73. The van der Waals surface area contributed by atoms with Gasteiger partial charge in [-0.1, -0.05) is 43.7 Å². The average molecular weight is 479 g/mol. The zero-order chi connectivity index (χ0) is 23.5. The van der Waals surface area contributed by atoms with Gasteiger partial charge in [0.2, 0.25) is 11.7 Å². The molecule has 0 aliphatic carbocycles. The molecule has 34 heavy (non-hydrogen) atoms. The first kappa shape index (κ1) is 22.7. The van der Waals surface area contributed by atoms with E-state index < -0.39 is 0 Å². The van der Waals surface area contributed by atoms with E-state index in [2.05, 4.69) is 46.3 Å². The molecule has 1 saturated heterocycles. The van der Waals surface area contributed by atoms with Crippen LogP contribution in [0.25, 0.3) is 16.0 Å². The highest BCUT2D eigenvalue weighted by atomic mass is 32.1. The highest BCUT2D eigenvalue weighted by Gasteiger charge is 2.23. The van der Waals surface area contributed by atoms with Crippen molar-refractivity contribution in [3.8, 4) is 0 Å². The van der Waals surface area contributed by atoms with Crippen molar-refractivity contribution in [1.29, 1.82) is 0 Å². The molecule has 0 spiro atoms. The molecule has 0 saturated carbocycles. The lowest BCUT2D eigenvalue weighted by Crippen LogP contribution is -2.48. The minimum absolute atomic E-state index is 0.00523. The zero-order valence-corrected chi connectivity index (χ0v) is 20.3. The zero-order valence-electron chi connectivity index (χ0n) is 19.5. The maximum absolute atomic E-state index is 13.0. The molecule has 1 amide bonds. The van der Waals surface area contributed by atoms with E-state index in [-0.39, 0.29) is 11.5 Å². The molecule has 8 nitrogen and oxygen atoms in total. The summed E-state index contributed by atoms with van der Waals surface area (Å²) < 4.78 is 4.41. The van der Waals surface area contributed by atoms with E-state index in [9.17, 15) is 9.59 Å². The van der Waals surface area contributed by atoms with Crippen LogP contribution in [0.3, 0.4) is 0 Å². The molecular weight excluding hydrogens is 448 g/mol. The second kappa shape index (κ2) is 10.1. The minimum atomic E-state index is -0.00523. The van der Waals surface area contributed by atoms with Crippen LogP contribution in [-0.4, -0.2) is 61.1 Å². The van der Waals surface area contributed by atoms with Crippen LogP contribution >= 0.6 is 11.3 Å². The summed E-state index contributed by atoms with van der Waals surface area (Å²) in [6.45, 7) is 6.91. The van der Waals surface area contributed by atoms with Gasteiger partial charge in [-0.05, 0) is 23.4 Å². The largest absolute Gasteiger partial charge is 0.340 e. The molecular formula is C25H30N6O2S. The van der Waals surface area contributed by atoms with Crippen molar-refractivity contribution in [2.45, 2.75) is 45.7 Å². The van der Waals surface area contributed by atoms with E-state index in [4.69, 9.17) is 0 Å². The Morgan fingerprint density at radius 2 is 1.85 bits per heavy atom. The number of benzene rings is 1. The monoisotopic (exact) mass is 478 g/mol. The van der Waals surface area contributed by atoms with E-state index >= 15 is 0 Å². The van der Waals surface area contributed by atoms with Crippen molar-refractivity contribution in [3.63, 3.8) is 0 Å². The molecule has 4 heterocycles. The summed E-state index contributed by atoms with van der Waals surface area (Å²) in [5, 5.41) is 10.7. The van der Waals surface area contributed by atoms with Crippen LogP contribution in [-0.2, 0) is 24.3 Å². The first-order valence-electron chi connectivity index (χ1n) is 12.0. The maximum Gasteiger partial charge on any atom is 0.272 e. The SMILES string of the molecule is CCCCn1c(=O)c2sccc2n2c(CCC(=O)N3CCN(Cc4ccccc4)CC3)nnc12. The lowest BCUT2D eigenvalue weighted by molar-refractivity contribution is -0.133. The summed E-state index contributed by atoms with van der Waals surface area (Å²) in [4.78, 5) is 30.3. The van der Waals surface area contributed by atoms with Gasteiger partial charge in [0, 0.05) is 52.1 Å². The molecule has 1 aliphatic heterocycles. The summed E-state index contributed by atoms with van der Waals surface area (Å²) in [5.74, 6) is 1.46. The predicted octanol–water partition coefficient (Wildman–Crippen LogP) is 3.18. The van der Waals surface area contributed by atoms with E-state index in [0.29, 0.717) is 29.9 Å². The lowest BCUT2D eigenvalue weighted by Gasteiger charge is -2.34. The van der Waals surface area contributed by atoms with Crippen molar-refractivity contribution >= 4 is 33.2 Å². The fraction of sp³-hybridized carbons (Fsp3) is 0.440. The van der Waals surface area contributed by atoms with Gasteiger partial charge in [0.15, 0.2) is 0 Å². The maximum atomic E-state index is 13.0. The van der Waals surface area contributed by atoms with E-state index in [1.807, 2.05) is 26.8 Å². The quantitative estimate of drug-likeness (QED) is 0.389. The Hall–Kier alpha value is -3.04. The number of rotatable bonds is 8. The van der Waals surface area contributed by atoms with Crippen LogP contribution in [0, 0.1) is 0 Å². The standard InChI is InChI=1S/C25H30N6O2S/c1-2-3-12-30-24(33)23-20(11-17-34-23)31-21(26-27-25(30)31)9-10-22(32)29-15-13-28(14-16-29)18-19-7-5-4-6-8-19/h4-8,11,17H,2-3,9-10,12-16,18H2,1H3. The van der Waals surface area contributed by atoms with Crippen molar-refractivity contribution in [3.05, 3.63) is 63.5 Å². The van der Waals surface area contributed by atoms with Crippen molar-refractivity contribution < 1.29 is 4.79 Å². The number of aromatic nitrogens is 4. The van der Waals surface area contributed by atoms with Crippen molar-refractivity contribution in [2.75, 3.05) is 26.2 Å². The molecule has 1 fully saturated rings. The molecule has 5 rings (SSSR count). The van der Waals surface area contributed by atoms with E-state index in [0.717, 1.165) is 56.9 Å². The number of nitrogens with zero attached hydrogens (tertiary/aromatic N) is 6. The van der Waals surface area contributed by atoms with Crippen LogP contribution < -0.4 is 5.56 Å². The third-order valence-corrected chi connectivity index (χ3v) is 7.44. The Bertz CT molecular complexity index is 1330. The van der Waals surface area contributed by atoms with Gasteiger partial charge in [-0.15, -0.1) is 21.5 Å². The topological polar surface area (TPSA) is 75.7 Å². The van der Waals surface area contributed by atoms with Gasteiger partial charge in [-0.25, -0.2) is 0 Å². The molecule has 1 aliphatic rings. The van der Waals surface area contributed by atoms with Gasteiger partial charge in [-0.2, -0.15) is 0 Å². The first-order chi connectivity index (χ1) is 16.7. The minimum Gasteiger partial charge on any atom is -0.340 e. The van der Waals surface area contributed by atoms with Crippen LogP contribution in [0.2, 0.25) is 0 Å². The van der Waals surface area contributed by atoms with Gasteiger partial charge in [0.05, 0.1) is 5.52 Å². The number of amides is 1. The van der Waals surface area contributed by atoms with Gasteiger partial charge in [0.1, 0.15) is 10.5 Å². The molecule has 0 radical (unpaired) electrons. The average Bonchev–Trinajstić information content (AvgIpc) is 3.51. The number of fused-ring (bicyclic) bond motifs is 3. The molecule has 3 aromatic heterocycles. The fourth-order valence-electron chi connectivity index (χ4n) is 4.63. The Balaban J connectivity index is 1.26. The molecule has 9 heteroatoms. The second-order valence-corrected chi connectivity index (χ2v) is 9.76. The number of thiophene rings is 1. The molecule has 1 aromatic carbocycles. The normalized spacial score (nSPS) is 14.9. The number of carbonyl (C=O) groups is 1. The number of unbranched alkanes of at least 4 members (excludes halogenated alkanes) is 1. The smallest absolute Gasteiger partial charge is 0.272 e. The second-order valence-electron chi connectivity index (χ2n) is 8.84. The summed E-state index contributed by atoms with van der Waals surface area (Å²) >= 11 is 1.45. The van der Waals surface area contributed by atoms with E-state index in [1.54, 1.807) is 4.57 Å². The Labute approximate surface area is 202 Å². The van der Waals surface area contributed by atoms with Crippen LogP contribution in [0.4, 0.5) is 0 Å².